The maximum Gasteiger partial charge on any atom is 0.344 e. The molecule has 0 bridgehead atoms. The fourth-order valence-corrected chi connectivity index (χ4v) is 1.27. The zero-order valence-electron chi connectivity index (χ0n) is 9.15. The molecule has 1 aromatic carbocycles. The zero-order valence-corrected chi connectivity index (χ0v) is 9.15. The first kappa shape index (κ1) is 11.1. The maximum atomic E-state index is 10.6. The molecule has 0 unspecified atom stereocenters. The van der Waals surface area contributed by atoms with Crippen LogP contribution in [0.25, 0.3) is 5.69 Å². The Morgan fingerprint density at radius 2 is 2.12 bits per heavy atom. The van der Waals surface area contributed by atoms with Crippen molar-refractivity contribution in [2.75, 3.05) is 0 Å². The molecule has 0 aliphatic carbocycles. The summed E-state index contributed by atoms with van der Waals surface area (Å²) in [7, 11) is 0. The number of hydrogen-bond donors (Lipinski definition) is 1. The van der Waals surface area contributed by atoms with Crippen molar-refractivity contribution >= 4 is 5.97 Å². The summed E-state index contributed by atoms with van der Waals surface area (Å²) in [5.41, 5.74) is 0.831. The molecule has 88 valence electrons. The van der Waals surface area contributed by atoms with E-state index >= 15 is 0 Å². The molecule has 1 N–H and O–H groups in total. The summed E-state index contributed by atoms with van der Waals surface area (Å²) >= 11 is 0. The standard InChI is InChI=1S/C11H11N3O3/c1-8(11(15)16)17-10-4-2-9(3-5-10)14-7-12-6-13-14/h2-8H,1H3,(H,15,16)/t8-/m0/s1. The lowest BCUT2D eigenvalue weighted by Gasteiger charge is -2.10. The second-order valence-corrected chi connectivity index (χ2v) is 3.43. The van der Waals surface area contributed by atoms with Crippen LogP contribution in [0.1, 0.15) is 6.92 Å². The normalized spacial score (nSPS) is 12.1. The van der Waals surface area contributed by atoms with E-state index < -0.39 is 12.1 Å². The Hall–Kier alpha value is -2.37. The van der Waals surface area contributed by atoms with Crippen molar-refractivity contribution < 1.29 is 14.6 Å². The molecule has 0 aliphatic heterocycles. The lowest BCUT2D eigenvalue weighted by molar-refractivity contribution is -0.144. The molecule has 0 spiro atoms. The van der Waals surface area contributed by atoms with Crippen molar-refractivity contribution in [3.05, 3.63) is 36.9 Å². The van der Waals surface area contributed by atoms with Gasteiger partial charge in [0.1, 0.15) is 18.4 Å². The maximum absolute atomic E-state index is 10.6. The molecule has 0 amide bonds. The Balaban J connectivity index is 2.11. The van der Waals surface area contributed by atoms with Crippen LogP contribution in [0.5, 0.6) is 5.75 Å². The summed E-state index contributed by atoms with van der Waals surface area (Å²) < 4.78 is 6.80. The van der Waals surface area contributed by atoms with Gasteiger partial charge in [-0.3, -0.25) is 0 Å². The number of benzene rings is 1. The van der Waals surface area contributed by atoms with E-state index in [-0.39, 0.29) is 0 Å². The van der Waals surface area contributed by atoms with Gasteiger partial charge in [-0.15, -0.1) is 0 Å². The van der Waals surface area contributed by atoms with Crippen molar-refractivity contribution in [2.24, 2.45) is 0 Å². The van der Waals surface area contributed by atoms with E-state index in [0.717, 1.165) is 5.69 Å². The van der Waals surface area contributed by atoms with Gasteiger partial charge in [0, 0.05) is 0 Å². The molecule has 1 heterocycles. The van der Waals surface area contributed by atoms with Gasteiger partial charge in [0.25, 0.3) is 0 Å². The molecule has 2 rings (SSSR count). The summed E-state index contributed by atoms with van der Waals surface area (Å²) in [6, 6.07) is 6.93. The fourth-order valence-electron chi connectivity index (χ4n) is 1.27. The third-order valence-corrected chi connectivity index (χ3v) is 2.18. The summed E-state index contributed by atoms with van der Waals surface area (Å²) in [6.07, 6.45) is 2.15. The number of carbonyl (C=O) groups is 1. The molecule has 0 aliphatic rings. The van der Waals surface area contributed by atoms with Crippen LogP contribution in [0.2, 0.25) is 0 Å². The van der Waals surface area contributed by atoms with E-state index in [9.17, 15) is 4.79 Å². The van der Waals surface area contributed by atoms with Crippen molar-refractivity contribution in [1.82, 2.24) is 14.8 Å². The van der Waals surface area contributed by atoms with Gasteiger partial charge >= 0.3 is 5.97 Å². The predicted octanol–water partition coefficient (Wildman–Crippen LogP) is 1.12. The molecule has 1 aromatic heterocycles. The van der Waals surface area contributed by atoms with Crippen LogP contribution in [-0.2, 0) is 4.79 Å². The Morgan fingerprint density at radius 1 is 1.41 bits per heavy atom. The number of aliphatic carboxylic acids is 1. The molecule has 0 saturated heterocycles. The zero-order chi connectivity index (χ0) is 12.3. The van der Waals surface area contributed by atoms with E-state index in [4.69, 9.17) is 9.84 Å². The van der Waals surface area contributed by atoms with Crippen molar-refractivity contribution in [1.29, 1.82) is 0 Å². The van der Waals surface area contributed by atoms with Gasteiger partial charge in [-0.1, -0.05) is 0 Å². The SMILES string of the molecule is C[C@H](Oc1ccc(-n2cncn2)cc1)C(=O)O. The van der Waals surface area contributed by atoms with Crippen LogP contribution >= 0.6 is 0 Å². The average molecular weight is 233 g/mol. The van der Waals surface area contributed by atoms with Gasteiger partial charge in [0.15, 0.2) is 6.10 Å². The predicted molar refractivity (Wildman–Crippen MR) is 59.1 cm³/mol. The molecule has 1 atom stereocenters. The number of carboxylic acid groups (broad SMARTS) is 1. The lowest BCUT2D eigenvalue weighted by atomic mass is 10.3. The van der Waals surface area contributed by atoms with Crippen LogP contribution < -0.4 is 4.74 Å². The molecular weight excluding hydrogens is 222 g/mol. The van der Waals surface area contributed by atoms with Crippen molar-refractivity contribution in [3.63, 3.8) is 0 Å². The Morgan fingerprint density at radius 3 is 2.65 bits per heavy atom. The van der Waals surface area contributed by atoms with Crippen LogP contribution in [0.4, 0.5) is 0 Å². The molecule has 0 radical (unpaired) electrons. The van der Waals surface area contributed by atoms with Crippen molar-refractivity contribution in [2.45, 2.75) is 13.0 Å². The van der Waals surface area contributed by atoms with E-state index in [2.05, 4.69) is 10.1 Å². The lowest BCUT2D eigenvalue weighted by Crippen LogP contribution is -2.22. The first-order valence-corrected chi connectivity index (χ1v) is 5.01. The first-order chi connectivity index (χ1) is 8.16. The molecule has 6 nitrogen and oxygen atoms in total. The highest BCUT2D eigenvalue weighted by Crippen LogP contribution is 2.15. The van der Waals surface area contributed by atoms with Gasteiger partial charge in [-0.25, -0.2) is 14.5 Å². The van der Waals surface area contributed by atoms with Crippen LogP contribution in [0.15, 0.2) is 36.9 Å². The highest BCUT2D eigenvalue weighted by molar-refractivity contribution is 5.72. The number of aromatic nitrogens is 3. The number of hydrogen-bond acceptors (Lipinski definition) is 4. The molecule has 0 saturated carbocycles. The molecule has 17 heavy (non-hydrogen) atoms. The highest BCUT2D eigenvalue weighted by atomic mass is 16.5. The minimum absolute atomic E-state index is 0.503. The quantitative estimate of drug-likeness (QED) is 0.856. The van der Waals surface area contributed by atoms with Gasteiger partial charge < -0.3 is 9.84 Å². The summed E-state index contributed by atoms with van der Waals surface area (Å²) in [5.74, 6) is -0.492. The highest BCUT2D eigenvalue weighted by Gasteiger charge is 2.12. The first-order valence-electron chi connectivity index (χ1n) is 5.01. The third-order valence-electron chi connectivity index (χ3n) is 2.18. The largest absolute Gasteiger partial charge is 0.479 e. The van der Waals surface area contributed by atoms with Crippen LogP contribution in [0.3, 0.4) is 0 Å². The number of nitrogens with zero attached hydrogens (tertiary/aromatic N) is 3. The molecule has 2 aromatic rings. The molecule has 0 fully saturated rings. The summed E-state index contributed by atoms with van der Waals surface area (Å²) in [5, 5.41) is 12.7. The topological polar surface area (TPSA) is 77.2 Å². The van der Waals surface area contributed by atoms with Crippen LogP contribution in [-0.4, -0.2) is 31.9 Å². The third kappa shape index (κ3) is 2.60. The van der Waals surface area contributed by atoms with Gasteiger partial charge in [0.2, 0.25) is 0 Å². The number of rotatable bonds is 4. The van der Waals surface area contributed by atoms with Gasteiger partial charge in [-0.2, -0.15) is 5.10 Å². The summed E-state index contributed by atoms with van der Waals surface area (Å²) in [6.45, 7) is 1.48. The smallest absolute Gasteiger partial charge is 0.344 e. The summed E-state index contributed by atoms with van der Waals surface area (Å²) in [4.78, 5) is 14.4. The van der Waals surface area contributed by atoms with E-state index in [1.165, 1.54) is 13.3 Å². The average Bonchev–Trinajstić information content (AvgIpc) is 2.83. The van der Waals surface area contributed by atoms with E-state index in [0.29, 0.717) is 5.75 Å². The minimum Gasteiger partial charge on any atom is -0.479 e. The molecule has 6 heteroatoms. The van der Waals surface area contributed by atoms with Crippen LogP contribution in [0, 0.1) is 0 Å². The van der Waals surface area contributed by atoms with E-state index in [1.54, 1.807) is 35.3 Å². The van der Waals surface area contributed by atoms with E-state index in [1.807, 2.05) is 0 Å². The Bertz CT molecular complexity index is 493. The second-order valence-electron chi connectivity index (χ2n) is 3.43. The Labute approximate surface area is 97.5 Å². The van der Waals surface area contributed by atoms with Gasteiger partial charge in [0.05, 0.1) is 5.69 Å². The Kier molecular flexibility index (Phi) is 3.04. The second kappa shape index (κ2) is 4.65. The van der Waals surface area contributed by atoms with Gasteiger partial charge in [-0.05, 0) is 31.2 Å². The molecular formula is C11H11N3O3. The number of ether oxygens (including phenoxy) is 1. The fraction of sp³-hybridized carbons (Fsp3) is 0.182. The van der Waals surface area contributed by atoms with Crippen molar-refractivity contribution in [3.8, 4) is 11.4 Å². The minimum atomic E-state index is -0.995. The number of carboxylic acids is 1. The monoisotopic (exact) mass is 233 g/mol.